The van der Waals surface area contributed by atoms with Gasteiger partial charge in [0.2, 0.25) is 5.91 Å². The van der Waals surface area contributed by atoms with E-state index in [9.17, 15) is 23.1 Å². The summed E-state index contributed by atoms with van der Waals surface area (Å²) >= 11 is 0. The van der Waals surface area contributed by atoms with E-state index in [2.05, 4.69) is 4.98 Å². The topological polar surface area (TPSA) is 82.7 Å². The van der Waals surface area contributed by atoms with Gasteiger partial charge >= 0.3 is 6.18 Å². The van der Waals surface area contributed by atoms with E-state index in [1.807, 2.05) is 0 Å². The first-order chi connectivity index (χ1) is 12.9. The van der Waals surface area contributed by atoms with Gasteiger partial charge in [-0.2, -0.15) is 13.2 Å². The molecule has 1 aliphatic heterocycles. The molecule has 11 heteroatoms. The van der Waals surface area contributed by atoms with Crippen LogP contribution in [0.3, 0.4) is 0 Å². The van der Waals surface area contributed by atoms with Crippen molar-refractivity contribution in [1.29, 1.82) is 0 Å². The summed E-state index contributed by atoms with van der Waals surface area (Å²) in [4.78, 5) is 20.8. The van der Waals surface area contributed by atoms with Gasteiger partial charge in [-0.25, -0.2) is 4.98 Å². The van der Waals surface area contributed by atoms with Crippen molar-refractivity contribution in [1.82, 2.24) is 9.88 Å². The molecule has 30 heavy (non-hydrogen) atoms. The Morgan fingerprint density at radius 1 is 1.23 bits per heavy atom. The summed E-state index contributed by atoms with van der Waals surface area (Å²) in [6, 6.07) is 1.86. The molecule has 172 valence electrons. The van der Waals surface area contributed by atoms with Gasteiger partial charge in [-0.05, 0) is 45.2 Å². The number of rotatable bonds is 3. The van der Waals surface area contributed by atoms with Crippen molar-refractivity contribution in [3.63, 3.8) is 0 Å². The highest BCUT2D eigenvalue weighted by Gasteiger charge is 2.55. The molecule has 0 aromatic carbocycles. The molecular formula is C19H29Cl2F3N4O2. The van der Waals surface area contributed by atoms with Crippen LogP contribution in [0.15, 0.2) is 18.3 Å². The molecule has 3 rings (SSSR count). The minimum absolute atomic E-state index is 0. The van der Waals surface area contributed by atoms with E-state index >= 15 is 0 Å². The molecule has 2 aliphatic rings. The second kappa shape index (κ2) is 9.46. The Bertz CT molecular complexity index is 737. The standard InChI is InChI=1S/C19H27F3N4O2.2ClH/c1-17(2,28)18(5-3-14(23)12-18)16(27)26-9-7-25(8-10-26)15-11-13(4-6-24-15)19(20,21)22;;/h4,6,11,14,28H,3,5,7-10,12,23H2,1-2H3;2*1H/t14-,18-;;/m1../s1. The summed E-state index contributed by atoms with van der Waals surface area (Å²) in [7, 11) is 0. The van der Waals surface area contributed by atoms with Gasteiger partial charge in [0.25, 0.3) is 0 Å². The van der Waals surface area contributed by atoms with Crippen molar-refractivity contribution < 1.29 is 23.1 Å². The predicted molar refractivity (Wildman–Crippen MR) is 113 cm³/mol. The summed E-state index contributed by atoms with van der Waals surface area (Å²) in [5.74, 6) is 0.131. The molecule has 0 unspecified atom stereocenters. The van der Waals surface area contributed by atoms with Crippen LogP contribution in [0.1, 0.15) is 38.7 Å². The van der Waals surface area contributed by atoms with Crippen LogP contribution >= 0.6 is 24.8 Å². The molecule has 1 aliphatic carbocycles. The molecule has 1 amide bonds. The molecule has 0 radical (unpaired) electrons. The van der Waals surface area contributed by atoms with Crippen LogP contribution in [0.2, 0.25) is 0 Å². The van der Waals surface area contributed by atoms with Crippen LogP contribution in [-0.2, 0) is 11.0 Å². The molecule has 3 N–H and O–H groups in total. The quantitative estimate of drug-likeness (QED) is 0.706. The van der Waals surface area contributed by atoms with Crippen molar-refractivity contribution in [2.75, 3.05) is 31.1 Å². The second-order valence-electron chi connectivity index (χ2n) is 8.32. The number of pyridine rings is 1. The van der Waals surface area contributed by atoms with Crippen LogP contribution in [0, 0.1) is 5.41 Å². The number of nitrogens with zero attached hydrogens (tertiary/aromatic N) is 3. The molecule has 6 nitrogen and oxygen atoms in total. The van der Waals surface area contributed by atoms with Crippen LogP contribution in [0.5, 0.6) is 0 Å². The first-order valence-electron chi connectivity index (χ1n) is 9.49. The second-order valence-corrected chi connectivity index (χ2v) is 8.32. The van der Waals surface area contributed by atoms with E-state index in [1.54, 1.807) is 23.6 Å². The summed E-state index contributed by atoms with van der Waals surface area (Å²) in [6.07, 6.45) is -1.62. The predicted octanol–water partition coefficient (Wildman–Crippen LogP) is 2.86. The Balaban J connectivity index is 0.00000225. The summed E-state index contributed by atoms with van der Waals surface area (Å²) in [6.45, 7) is 4.78. The number of alkyl halides is 3. The van der Waals surface area contributed by atoms with E-state index in [4.69, 9.17) is 5.73 Å². The van der Waals surface area contributed by atoms with E-state index < -0.39 is 22.8 Å². The number of amides is 1. The zero-order valence-electron chi connectivity index (χ0n) is 17.0. The molecule has 1 aromatic heterocycles. The van der Waals surface area contributed by atoms with E-state index in [-0.39, 0.29) is 42.6 Å². The van der Waals surface area contributed by atoms with E-state index in [1.165, 1.54) is 0 Å². The van der Waals surface area contributed by atoms with Crippen molar-refractivity contribution in [2.24, 2.45) is 11.1 Å². The van der Waals surface area contributed by atoms with Crippen LogP contribution in [-0.4, -0.2) is 58.7 Å². The lowest BCUT2D eigenvalue weighted by molar-refractivity contribution is -0.158. The molecular weight excluding hydrogens is 444 g/mol. The van der Waals surface area contributed by atoms with E-state index in [0.29, 0.717) is 45.4 Å². The third kappa shape index (κ3) is 5.12. The highest BCUT2D eigenvalue weighted by Crippen LogP contribution is 2.47. The third-order valence-electron chi connectivity index (χ3n) is 6.10. The van der Waals surface area contributed by atoms with Gasteiger partial charge in [0.15, 0.2) is 0 Å². The van der Waals surface area contributed by atoms with Crippen molar-refractivity contribution in [3.8, 4) is 0 Å². The maximum Gasteiger partial charge on any atom is 0.416 e. The largest absolute Gasteiger partial charge is 0.416 e. The number of anilines is 1. The minimum Gasteiger partial charge on any atom is -0.389 e. The number of carbonyl (C=O) groups excluding carboxylic acids is 1. The third-order valence-corrected chi connectivity index (χ3v) is 6.10. The Kier molecular flexibility index (Phi) is 8.43. The van der Waals surface area contributed by atoms with Gasteiger partial charge in [-0.15, -0.1) is 24.8 Å². The van der Waals surface area contributed by atoms with Gasteiger partial charge in [-0.3, -0.25) is 4.79 Å². The number of carbonyl (C=O) groups is 1. The van der Waals surface area contributed by atoms with Crippen molar-refractivity contribution in [3.05, 3.63) is 23.9 Å². The van der Waals surface area contributed by atoms with Gasteiger partial charge < -0.3 is 20.6 Å². The number of piperazine rings is 1. The number of aromatic nitrogens is 1. The van der Waals surface area contributed by atoms with Crippen LogP contribution in [0.25, 0.3) is 0 Å². The Hall–Kier alpha value is -1.29. The first-order valence-corrected chi connectivity index (χ1v) is 9.49. The maximum atomic E-state index is 13.3. The number of halogens is 5. The molecule has 1 aromatic rings. The average molecular weight is 473 g/mol. The molecule has 2 atom stereocenters. The Labute approximate surface area is 186 Å². The fraction of sp³-hybridized carbons (Fsp3) is 0.684. The normalized spacial score (nSPS) is 24.8. The van der Waals surface area contributed by atoms with Crippen molar-refractivity contribution in [2.45, 2.75) is 50.9 Å². The summed E-state index contributed by atoms with van der Waals surface area (Å²) in [5, 5.41) is 10.7. The van der Waals surface area contributed by atoms with Crippen LogP contribution in [0.4, 0.5) is 19.0 Å². The highest BCUT2D eigenvalue weighted by atomic mass is 35.5. The van der Waals surface area contributed by atoms with Gasteiger partial charge in [-0.1, -0.05) is 0 Å². The minimum atomic E-state index is -4.42. The summed E-state index contributed by atoms with van der Waals surface area (Å²) in [5.41, 5.74) is 3.18. The number of aliphatic hydroxyl groups is 1. The average Bonchev–Trinajstić information content (AvgIpc) is 3.04. The number of nitrogens with two attached hydrogens (primary N) is 1. The van der Waals surface area contributed by atoms with Crippen molar-refractivity contribution >= 4 is 36.5 Å². The van der Waals surface area contributed by atoms with Gasteiger partial charge in [0, 0.05) is 38.4 Å². The lowest BCUT2D eigenvalue weighted by Crippen LogP contribution is -2.58. The van der Waals surface area contributed by atoms with Gasteiger partial charge in [0.05, 0.1) is 16.6 Å². The molecule has 0 bridgehead atoms. The lowest BCUT2D eigenvalue weighted by atomic mass is 9.71. The fourth-order valence-electron chi connectivity index (χ4n) is 4.30. The Morgan fingerprint density at radius 2 is 1.83 bits per heavy atom. The number of hydrogen-bond donors (Lipinski definition) is 2. The SMILES string of the molecule is CC(C)(O)[C@]1(C(=O)N2CCN(c3cc(C(F)(F)F)ccn3)CC2)CC[C@@H](N)C1.Cl.Cl. The Morgan fingerprint density at radius 3 is 2.30 bits per heavy atom. The molecule has 2 heterocycles. The lowest BCUT2D eigenvalue weighted by Gasteiger charge is -2.45. The zero-order valence-corrected chi connectivity index (χ0v) is 18.6. The molecule has 1 saturated carbocycles. The summed E-state index contributed by atoms with van der Waals surface area (Å²) < 4.78 is 38.8. The first kappa shape index (κ1) is 26.7. The highest BCUT2D eigenvalue weighted by molar-refractivity contribution is 5.86. The number of hydrogen-bond acceptors (Lipinski definition) is 5. The smallest absolute Gasteiger partial charge is 0.389 e. The zero-order chi connectivity index (χ0) is 20.7. The molecule has 2 fully saturated rings. The maximum absolute atomic E-state index is 13.3. The van der Waals surface area contributed by atoms with Crippen LogP contribution < -0.4 is 10.6 Å². The molecule has 0 spiro atoms. The van der Waals surface area contributed by atoms with E-state index in [0.717, 1.165) is 18.3 Å². The molecule has 1 saturated heterocycles. The monoisotopic (exact) mass is 472 g/mol. The fourth-order valence-corrected chi connectivity index (χ4v) is 4.30. The van der Waals surface area contributed by atoms with Gasteiger partial charge in [0.1, 0.15) is 5.82 Å².